The van der Waals surface area contributed by atoms with Crippen molar-refractivity contribution in [2.45, 2.75) is 39.8 Å². The van der Waals surface area contributed by atoms with E-state index in [9.17, 15) is 0 Å². The van der Waals surface area contributed by atoms with Gasteiger partial charge in [0.1, 0.15) is 12.4 Å². The number of terminal acetylenes is 1. The molecule has 1 heterocycles. The zero-order chi connectivity index (χ0) is 12.9. The summed E-state index contributed by atoms with van der Waals surface area (Å²) in [5, 5.41) is 3.39. The summed E-state index contributed by atoms with van der Waals surface area (Å²) in [6, 6.07) is 3.84. The van der Waals surface area contributed by atoms with Crippen LogP contribution in [0.15, 0.2) is 12.1 Å². The number of aromatic nitrogens is 1. The zero-order valence-electron chi connectivity index (χ0n) is 11.0. The monoisotopic (exact) mass is 232 g/mol. The van der Waals surface area contributed by atoms with Gasteiger partial charge in [-0.1, -0.05) is 5.92 Å². The van der Waals surface area contributed by atoms with E-state index in [-0.39, 0.29) is 12.1 Å². The van der Waals surface area contributed by atoms with E-state index in [0.29, 0.717) is 6.54 Å². The van der Waals surface area contributed by atoms with Crippen LogP contribution in [0.2, 0.25) is 0 Å². The molecule has 1 aromatic rings. The zero-order valence-corrected chi connectivity index (χ0v) is 11.0. The quantitative estimate of drug-likeness (QED) is 0.809. The fraction of sp³-hybridized carbons (Fsp3) is 0.500. The van der Waals surface area contributed by atoms with Gasteiger partial charge in [0.05, 0.1) is 5.69 Å². The Morgan fingerprint density at radius 3 is 2.71 bits per heavy atom. The Labute approximate surface area is 104 Å². The molecule has 92 valence electrons. The highest BCUT2D eigenvalue weighted by molar-refractivity contribution is 5.29. The summed E-state index contributed by atoms with van der Waals surface area (Å²) >= 11 is 0. The van der Waals surface area contributed by atoms with Crippen LogP contribution < -0.4 is 10.1 Å². The van der Waals surface area contributed by atoms with Crippen LogP contribution in [0.25, 0.3) is 0 Å². The van der Waals surface area contributed by atoms with E-state index >= 15 is 0 Å². The number of pyridine rings is 1. The van der Waals surface area contributed by atoms with Crippen LogP contribution in [0.3, 0.4) is 0 Å². The highest BCUT2D eigenvalue weighted by Crippen LogP contribution is 2.17. The van der Waals surface area contributed by atoms with E-state index in [1.54, 1.807) is 0 Å². The van der Waals surface area contributed by atoms with Crippen LogP contribution >= 0.6 is 0 Å². The lowest BCUT2D eigenvalue weighted by Gasteiger charge is -2.21. The summed E-state index contributed by atoms with van der Waals surface area (Å²) < 4.78 is 5.47. The van der Waals surface area contributed by atoms with Gasteiger partial charge < -0.3 is 10.1 Å². The van der Waals surface area contributed by atoms with Crippen LogP contribution in [0.4, 0.5) is 0 Å². The molecule has 0 saturated heterocycles. The first kappa shape index (κ1) is 13.5. The molecular formula is C14H20N2O. The van der Waals surface area contributed by atoms with Crippen molar-refractivity contribution in [1.29, 1.82) is 0 Å². The van der Waals surface area contributed by atoms with E-state index in [0.717, 1.165) is 17.1 Å². The smallest absolute Gasteiger partial charge is 0.148 e. The SMILES string of the molecule is C#CCOc1ccc(C)nc1CNC(C)(C)C. The molecule has 1 aromatic heterocycles. The minimum absolute atomic E-state index is 0.0504. The molecule has 17 heavy (non-hydrogen) atoms. The van der Waals surface area contributed by atoms with Crippen molar-refractivity contribution in [3.05, 3.63) is 23.5 Å². The molecule has 0 aromatic carbocycles. The maximum Gasteiger partial charge on any atom is 0.148 e. The van der Waals surface area contributed by atoms with Crippen LogP contribution in [0.1, 0.15) is 32.2 Å². The molecule has 0 saturated carbocycles. The number of hydrogen-bond donors (Lipinski definition) is 1. The van der Waals surface area contributed by atoms with Gasteiger partial charge in [-0.3, -0.25) is 4.98 Å². The molecule has 0 amide bonds. The summed E-state index contributed by atoms with van der Waals surface area (Å²) in [7, 11) is 0. The number of nitrogens with one attached hydrogen (secondary N) is 1. The number of hydrogen-bond acceptors (Lipinski definition) is 3. The third-order valence-electron chi connectivity index (χ3n) is 2.17. The Hall–Kier alpha value is -1.53. The number of rotatable bonds is 4. The van der Waals surface area contributed by atoms with Crippen LogP contribution in [-0.2, 0) is 6.54 Å². The molecule has 0 fully saturated rings. The Morgan fingerprint density at radius 2 is 2.12 bits per heavy atom. The van der Waals surface area contributed by atoms with Crippen molar-refractivity contribution in [1.82, 2.24) is 10.3 Å². The largest absolute Gasteiger partial charge is 0.479 e. The lowest BCUT2D eigenvalue weighted by molar-refractivity contribution is 0.355. The molecule has 0 atom stereocenters. The van der Waals surface area contributed by atoms with Gasteiger partial charge in [0.2, 0.25) is 0 Å². The molecule has 1 rings (SSSR count). The number of ether oxygens (including phenoxy) is 1. The van der Waals surface area contributed by atoms with Gasteiger partial charge in [-0.05, 0) is 39.8 Å². The van der Waals surface area contributed by atoms with Crippen LogP contribution in [-0.4, -0.2) is 17.1 Å². The van der Waals surface area contributed by atoms with Gasteiger partial charge in [-0.15, -0.1) is 6.42 Å². The molecule has 3 nitrogen and oxygen atoms in total. The second kappa shape index (κ2) is 5.70. The van der Waals surface area contributed by atoms with Crippen molar-refractivity contribution >= 4 is 0 Å². The average molecular weight is 232 g/mol. The highest BCUT2D eigenvalue weighted by atomic mass is 16.5. The van der Waals surface area contributed by atoms with Gasteiger partial charge >= 0.3 is 0 Å². The standard InChI is InChI=1S/C14H20N2O/c1-6-9-17-13-8-7-11(2)16-12(13)10-15-14(3,4)5/h1,7-8,15H,9-10H2,2-5H3. The minimum atomic E-state index is 0.0504. The first-order chi connectivity index (χ1) is 7.92. The molecule has 1 N–H and O–H groups in total. The van der Waals surface area contributed by atoms with Gasteiger partial charge in [-0.2, -0.15) is 0 Å². The van der Waals surface area contributed by atoms with E-state index in [1.807, 2.05) is 19.1 Å². The van der Waals surface area contributed by atoms with E-state index in [4.69, 9.17) is 11.2 Å². The minimum Gasteiger partial charge on any atom is -0.479 e. The fourth-order valence-corrected chi connectivity index (χ4v) is 1.32. The normalized spacial score (nSPS) is 11.0. The van der Waals surface area contributed by atoms with Crippen molar-refractivity contribution < 1.29 is 4.74 Å². The van der Waals surface area contributed by atoms with E-state index < -0.39 is 0 Å². The lowest BCUT2D eigenvalue weighted by atomic mass is 10.1. The molecule has 0 aliphatic carbocycles. The Bertz CT molecular complexity index is 413. The van der Waals surface area contributed by atoms with Crippen molar-refractivity contribution in [3.63, 3.8) is 0 Å². The first-order valence-electron chi connectivity index (χ1n) is 5.70. The van der Waals surface area contributed by atoms with Crippen molar-refractivity contribution in [2.24, 2.45) is 0 Å². The topological polar surface area (TPSA) is 34.1 Å². The van der Waals surface area contributed by atoms with Gasteiger partial charge in [0.15, 0.2) is 0 Å². The maximum absolute atomic E-state index is 5.47. The predicted octanol–water partition coefficient (Wildman–Crippen LogP) is 2.29. The lowest BCUT2D eigenvalue weighted by Crippen LogP contribution is -2.35. The predicted molar refractivity (Wildman–Crippen MR) is 69.9 cm³/mol. The fourth-order valence-electron chi connectivity index (χ4n) is 1.32. The Balaban J connectivity index is 2.80. The molecule has 0 aliphatic heterocycles. The summed E-state index contributed by atoms with van der Waals surface area (Å²) in [6.45, 7) is 9.25. The molecule has 0 radical (unpaired) electrons. The molecule has 0 bridgehead atoms. The third kappa shape index (κ3) is 4.88. The molecule has 3 heteroatoms. The summed E-state index contributed by atoms with van der Waals surface area (Å²) in [5.74, 6) is 3.21. The van der Waals surface area contributed by atoms with Gasteiger partial charge in [0.25, 0.3) is 0 Å². The molecular weight excluding hydrogens is 212 g/mol. The van der Waals surface area contributed by atoms with Crippen molar-refractivity contribution in [3.8, 4) is 18.1 Å². The Kier molecular flexibility index (Phi) is 4.53. The Morgan fingerprint density at radius 1 is 1.41 bits per heavy atom. The second-order valence-corrected chi connectivity index (χ2v) is 4.99. The summed E-state index contributed by atoms with van der Waals surface area (Å²) in [4.78, 5) is 4.47. The van der Waals surface area contributed by atoms with Crippen LogP contribution in [0, 0.1) is 19.3 Å². The maximum atomic E-state index is 5.47. The molecule has 0 spiro atoms. The number of aryl methyl sites for hydroxylation is 1. The number of nitrogens with zero attached hydrogens (tertiary/aromatic N) is 1. The second-order valence-electron chi connectivity index (χ2n) is 4.99. The van der Waals surface area contributed by atoms with E-state index in [2.05, 4.69) is 37.0 Å². The molecule has 0 aliphatic rings. The third-order valence-corrected chi connectivity index (χ3v) is 2.17. The van der Waals surface area contributed by atoms with Gasteiger partial charge in [-0.25, -0.2) is 0 Å². The van der Waals surface area contributed by atoms with Crippen molar-refractivity contribution in [2.75, 3.05) is 6.61 Å². The van der Waals surface area contributed by atoms with E-state index in [1.165, 1.54) is 0 Å². The average Bonchev–Trinajstić information content (AvgIpc) is 2.24. The van der Waals surface area contributed by atoms with Crippen LogP contribution in [0.5, 0.6) is 5.75 Å². The first-order valence-corrected chi connectivity index (χ1v) is 5.70. The highest BCUT2D eigenvalue weighted by Gasteiger charge is 2.12. The molecule has 0 unspecified atom stereocenters. The van der Waals surface area contributed by atoms with Gasteiger partial charge in [0, 0.05) is 17.8 Å². The summed E-state index contributed by atoms with van der Waals surface area (Å²) in [6.07, 6.45) is 5.19. The summed E-state index contributed by atoms with van der Waals surface area (Å²) in [5.41, 5.74) is 1.92.